The van der Waals surface area contributed by atoms with E-state index in [1.165, 1.54) is 6.92 Å². The molecule has 2 heterocycles. The molecule has 2 aliphatic heterocycles. The summed E-state index contributed by atoms with van der Waals surface area (Å²) in [5.41, 5.74) is 5.39. The molecule has 33 heavy (non-hydrogen) atoms. The van der Waals surface area contributed by atoms with Crippen molar-refractivity contribution in [1.29, 1.82) is 0 Å². The molecular formula is C26H22N4O3. The molecule has 0 aliphatic carbocycles. The van der Waals surface area contributed by atoms with Crippen molar-refractivity contribution in [2.45, 2.75) is 19.5 Å². The van der Waals surface area contributed by atoms with Gasteiger partial charge in [0.05, 0.1) is 11.4 Å². The summed E-state index contributed by atoms with van der Waals surface area (Å²) in [6.45, 7) is 1.98. The van der Waals surface area contributed by atoms with Crippen molar-refractivity contribution >= 4 is 34.8 Å². The molecule has 3 aromatic carbocycles. The Morgan fingerprint density at radius 3 is 2.45 bits per heavy atom. The fourth-order valence-corrected chi connectivity index (χ4v) is 4.30. The Balaban J connectivity index is 1.51. The second kappa shape index (κ2) is 8.35. The van der Waals surface area contributed by atoms with Gasteiger partial charge in [0.1, 0.15) is 0 Å². The summed E-state index contributed by atoms with van der Waals surface area (Å²) >= 11 is 0. The topological polar surface area (TPSA) is 90.9 Å². The van der Waals surface area contributed by atoms with Gasteiger partial charge < -0.3 is 15.5 Å². The Bertz CT molecular complexity index is 1280. The van der Waals surface area contributed by atoms with Crippen LogP contribution >= 0.6 is 0 Å². The summed E-state index contributed by atoms with van der Waals surface area (Å²) in [6, 6.07) is 22.2. The third-order valence-corrected chi connectivity index (χ3v) is 5.79. The van der Waals surface area contributed by atoms with Crippen LogP contribution in [0.3, 0.4) is 0 Å². The molecule has 2 N–H and O–H groups in total. The zero-order valence-electron chi connectivity index (χ0n) is 18.0. The molecule has 0 spiro atoms. The summed E-state index contributed by atoms with van der Waals surface area (Å²) in [7, 11) is 0. The molecule has 3 aromatic rings. The Morgan fingerprint density at radius 1 is 0.970 bits per heavy atom. The number of hydrogen-bond acceptors (Lipinski definition) is 4. The van der Waals surface area contributed by atoms with Crippen LogP contribution in [0.2, 0.25) is 0 Å². The lowest BCUT2D eigenvalue weighted by molar-refractivity contribution is -0.120. The van der Waals surface area contributed by atoms with E-state index in [0.717, 1.165) is 28.8 Å². The number of benzene rings is 3. The van der Waals surface area contributed by atoms with Crippen LogP contribution in [0.4, 0.5) is 11.4 Å². The van der Waals surface area contributed by atoms with Crippen molar-refractivity contribution in [3.05, 3.63) is 95.1 Å². The van der Waals surface area contributed by atoms with Crippen LogP contribution in [0.15, 0.2) is 77.8 Å². The number of nitrogens with zero attached hydrogens (tertiary/aromatic N) is 2. The minimum absolute atomic E-state index is 0.191. The first-order valence-electron chi connectivity index (χ1n) is 10.8. The standard InChI is InChI=1S/C26H22N4O3/c1-16(31)27-20-12-10-19(11-13-20)25(32)29-24-26(33)30-15-14-18-8-5-9-21(23(18)30)22(28-24)17-6-3-2-4-7-17/h2-13,24H,14-15H2,1H3,(H,27,31)(H,29,32)/t24-/m0/s1. The molecule has 0 bridgehead atoms. The van der Waals surface area contributed by atoms with Crippen LogP contribution in [0.5, 0.6) is 0 Å². The van der Waals surface area contributed by atoms with Gasteiger partial charge in [0.15, 0.2) is 0 Å². The monoisotopic (exact) mass is 438 g/mol. The highest BCUT2D eigenvalue weighted by Crippen LogP contribution is 2.36. The quantitative estimate of drug-likeness (QED) is 0.656. The highest BCUT2D eigenvalue weighted by Gasteiger charge is 2.37. The zero-order valence-corrected chi connectivity index (χ0v) is 18.0. The molecule has 3 amide bonds. The molecule has 1 atom stereocenters. The van der Waals surface area contributed by atoms with E-state index in [4.69, 9.17) is 4.99 Å². The molecule has 164 valence electrons. The Kier molecular flexibility index (Phi) is 5.22. The molecule has 0 radical (unpaired) electrons. The van der Waals surface area contributed by atoms with Crippen molar-refractivity contribution in [2.24, 2.45) is 4.99 Å². The van der Waals surface area contributed by atoms with Gasteiger partial charge in [-0.15, -0.1) is 0 Å². The molecule has 7 nitrogen and oxygen atoms in total. The summed E-state index contributed by atoms with van der Waals surface area (Å²) in [5, 5.41) is 5.47. The number of amides is 3. The zero-order chi connectivity index (χ0) is 22.9. The molecule has 0 aromatic heterocycles. The fourth-order valence-electron chi connectivity index (χ4n) is 4.30. The number of carbonyl (C=O) groups is 3. The van der Waals surface area contributed by atoms with Gasteiger partial charge in [0, 0.05) is 35.8 Å². The summed E-state index contributed by atoms with van der Waals surface area (Å²) in [6.07, 6.45) is -0.288. The van der Waals surface area contributed by atoms with Crippen LogP contribution in [0.25, 0.3) is 0 Å². The van der Waals surface area contributed by atoms with Gasteiger partial charge in [-0.3, -0.25) is 14.4 Å². The first-order chi connectivity index (χ1) is 16.0. The molecule has 0 saturated carbocycles. The molecule has 7 heteroatoms. The number of aliphatic imine (C=N–C) groups is 1. The highest BCUT2D eigenvalue weighted by atomic mass is 16.2. The lowest BCUT2D eigenvalue weighted by atomic mass is 9.98. The highest BCUT2D eigenvalue weighted by molar-refractivity contribution is 6.21. The van der Waals surface area contributed by atoms with E-state index in [0.29, 0.717) is 23.5 Å². The lowest BCUT2D eigenvalue weighted by Crippen LogP contribution is -2.46. The minimum Gasteiger partial charge on any atom is -0.326 e. The van der Waals surface area contributed by atoms with Crippen molar-refractivity contribution in [2.75, 3.05) is 16.8 Å². The maximum atomic E-state index is 13.4. The van der Waals surface area contributed by atoms with Crippen molar-refractivity contribution in [3.8, 4) is 0 Å². The smallest absolute Gasteiger partial charge is 0.272 e. The Hall–Kier alpha value is -4.26. The summed E-state index contributed by atoms with van der Waals surface area (Å²) in [4.78, 5) is 44.1. The Morgan fingerprint density at radius 2 is 1.73 bits per heavy atom. The maximum Gasteiger partial charge on any atom is 0.272 e. The third kappa shape index (κ3) is 3.89. The summed E-state index contributed by atoms with van der Waals surface area (Å²) in [5.74, 6) is -0.858. The van der Waals surface area contributed by atoms with Gasteiger partial charge in [-0.25, -0.2) is 4.99 Å². The first kappa shape index (κ1) is 20.6. The number of anilines is 2. The number of para-hydroxylation sites is 1. The predicted octanol–water partition coefficient (Wildman–Crippen LogP) is 3.14. The molecule has 0 fully saturated rings. The van der Waals surface area contributed by atoms with Gasteiger partial charge in [-0.1, -0.05) is 48.5 Å². The van der Waals surface area contributed by atoms with E-state index in [1.54, 1.807) is 29.2 Å². The average Bonchev–Trinajstić information content (AvgIpc) is 3.21. The van der Waals surface area contributed by atoms with E-state index >= 15 is 0 Å². The second-order valence-corrected chi connectivity index (χ2v) is 8.03. The molecule has 0 unspecified atom stereocenters. The van der Waals surface area contributed by atoms with E-state index < -0.39 is 12.1 Å². The third-order valence-electron chi connectivity index (χ3n) is 5.79. The van der Waals surface area contributed by atoms with Gasteiger partial charge in [0.25, 0.3) is 11.8 Å². The van der Waals surface area contributed by atoms with Crippen LogP contribution < -0.4 is 15.5 Å². The molecular weight excluding hydrogens is 416 g/mol. The van der Waals surface area contributed by atoms with Gasteiger partial charge >= 0.3 is 0 Å². The predicted molar refractivity (Wildman–Crippen MR) is 127 cm³/mol. The van der Waals surface area contributed by atoms with Crippen LogP contribution in [-0.2, 0) is 16.0 Å². The van der Waals surface area contributed by atoms with Crippen molar-refractivity contribution in [3.63, 3.8) is 0 Å². The lowest BCUT2D eigenvalue weighted by Gasteiger charge is -2.21. The number of rotatable bonds is 4. The van der Waals surface area contributed by atoms with Gasteiger partial charge in [-0.2, -0.15) is 0 Å². The van der Waals surface area contributed by atoms with E-state index in [2.05, 4.69) is 10.6 Å². The van der Waals surface area contributed by atoms with E-state index in [9.17, 15) is 14.4 Å². The minimum atomic E-state index is -1.05. The number of nitrogens with one attached hydrogen (secondary N) is 2. The largest absolute Gasteiger partial charge is 0.326 e. The Labute approximate surface area is 191 Å². The van der Waals surface area contributed by atoms with Gasteiger partial charge in [0.2, 0.25) is 12.1 Å². The summed E-state index contributed by atoms with van der Waals surface area (Å²) < 4.78 is 0. The SMILES string of the molecule is CC(=O)Nc1ccc(C(=O)N[C@@H]2N=C(c3ccccc3)c3cccc4c3N(CC4)C2=O)cc1. The first-order valence-corrected chi connectivity index (χ1v) is 10.8. The van der Waals surface area contributed by atoms with Gasteiger partial charge in [-0.05, 0) is 36.2 Å². The van der Waals surface area contributed by atoms with E-state index in [-0.39, 0.29) is 11.8 Å². The van der Waals surface area contributed by atoms with E-state index in [1.807, 2.05) is 48.5 Å². The maximum absolute atomic E-state index is 13.4. The van der Waals surface area contributed by atoms with Crippen molar-refractivity contribution < 1.29 is 14.4 Å². The van der Waals surface area contributed by atoms with Crippen molar-refractivity contribution in [1.82, 2.24) is 5.32 Å². The molecule has 2 aliphatic rings. The fraction of sp³-hybridized carbons (Fsp3) is 0.154. The number of carbonyl (C=O) groups excluding carboxylic acids is 3. The van der Waals surface area contributed by atoms with Crippen LogP contribution in [-0.4, -0.2) is 36.1 Å². The number of hydrogen-bond donors (Lipinski definition) is 2. The molecule has 0 saturated heterocycles. The molecule has 5 rings (SSSR count). The normalized spacial score (nSPS) is 16.5. The van der Waals surface area contributed by atoms with Crippen LogP contribution in [0, 0.1) is 0 Å². The second-order valence-electron chi connectivity index (χ2n) is 8.03. The average molecular weight is 438 g/mol. The van der Waals surface area contributed by atoms with Crippen LogP contribution in [0.1, 0.15) is 34.0 Å².